The van der Waals surface area contributed by atoms with E-state index in [2.05, 4.69) is 5.10 Å². The van der Waals surface area contributed by atoms with Gasteiger partial charge in [0.1, 0.15) is 11.5 Å². The largest absolute Gasteiger partial charge is 0.382 e. The van der Waals surface area contributed by atoms with Crippen molar-refractivity contribution < 1.29 is 9.31 Å². The van der Waals surface area contributed by atoms with Crippen molar-refractivity contribution in [3.8, 4) is 5.69 Å². The normalized spacial score (nSPS) is 10.5. The van der Waals surface area contributed by atoms with Crippen molar-refractivity contribution in [2.24, 2.45) is 0 Å². The summed E-state index contributed by atoms with van der Waals surface area (Å²) >= 11 is 0. The van der Waals surface area contributed by atoms with Crippen molar-refractivity contribution in [2.45, 2.75) is 6.92 Å². The van der Waals surface area contributed by atoms with Crippen LogP contribution in [0.4, 0.5) is 15.9 Å². The number of hydrogen-bond acceptors (Lipinski definition) is 4. The lowest BCUT2D eigenvalue weighted by atomic mass is 10.2. The molecule has 0 spiro atoms. The van der Waals surface area contributed by atoms with Crippen LogP contribution in [-0.4, -0.2) is 14.7 Å². The van der Waals surface area contributed by atoms with Gasteiger partial charge in [0.05, 0.1) is 11.0 Å². The van der Waals surface area contributed by atoms with E-state index in [9.17, 15) is 14.5 Å². The molecule has 0 unspecified atom stereocenters. The number of aromatic nitrogens is 2. The van der Waals surface area contributed by atoms with Gasteiger partial charge in [0.25, 0.3) is 5.69 Å². The van der Waals surface area contributed by atoms with E-state index in [1.165, 1.54) is 16.8 Å². The Balaban J connectivity index is 2.50. The van der Waals surface area contributed by atoms with E-state index in [1.807, 2.05) is 0 Å². The molecule has 2 N–H and O–H groups in total. The Morgan fingerprint density at radius 3 is 2.71 bits per heavy atom. The van der Waals surface area contributed by atoms with Crippen LogP contribution in [-0.2, 0) is 0 Å². The van der Waals surface area contributed by atoms with Gasteiger partial charge in [-0.15, -0.1) is 0 Å². The summed E-state index contributed by atoms with van der Waals surface area (Å²) in [4.78, 5) is 9.80. The Labute approximate surface area is 95.6 Å². The highest BCUT2D eigenvalue weighted by atomic mass is 19.1. The zero-order valence-corrected chi connectivity index (χ0v) is 8.92. The predicted octanol–water partition coefficient (Wildman–Crippen LogP) is 1.81. The molecule has 6 nitrogen and oxygen atoms in total. The van der Waals surface area contributed by atoms with Crippen LogP contribution in [0.5, 0.6) is 0 Å². The highest BCUT2D eigenvalue weighted by Crippen LogP contribution is 2.20. The average molecular weight is 236 g/mol. The third-order valence-electron chi connectivity index (χ3n) is 2.32. The van der Waals surface area contributed by atoms with E-state index in [0.717, 1.165) is 6.07 Å². The lowest BCUT2D eigenvalue weighted by molar-refractivity contribution is -0.385. The number of rotatable bonds is 2. The van der Waals surface area contributed by atoms with Gasteiger partial charge in [-0.3, -0.25) is 10.1 Å². The van der Waals surface area contributed by atoms with Crippen molar-refractivity contribution in [1.82, 2.24) is 9.78 Å². The average Bonchev–Trinajstić information content (AvgIpc) is 2.58. The Morgan fingerprint density at radius 2 is 2.24 bits per heavy atom. The van der Waals surface area contributed by atoms with Crippen LogP contribution in [0.3, 0.4) is 0 Å². The van der Waals surface area contributed by atoms with Gasteiger partial charge >= 0.3 is 0 Å². The highest BCUT2D eigenvalue weighted by Gasteiger charge is 2.13. The Kier molecular flexibility index (Phi) is 2.51. The van der Waals surface area contributed by atoms with Gasteiger partial charge in [-0.25, -0.2) is 9.07 Å². The minimum absolute atomic E-state index is 0.121. The molecular formula is C10H9FN4O2. The van der Waals surface area contributed by atoms with E-state index in [-0.39, 0.29) is 11.4 Å². The van der Waals surface area contributed by atoms with Crippen molar-refractivity contribution in [2.75, 3.05) is 5.73 Å². The first-order valence-electron chi connectivity index (χ1n) is 4.75. The second-order valence-electron chi connectivity index (χ2n) is 3.53. The zero-order chi connectivity index (χ0) is 12.6. The maximum Gasteiger partial charge on any atom is 0.272 e. The number of nitrogens with zero attached hydrogens (tertiary/aromatic N) is 3. The summed E-state index contributed by atoms with van der Waals surface area (Å²) < 4.78 is 14.9. The number of nitro groups is 1. The number of non-ortho nitro benzene ring substituents is 1. The number of aryl methyl sites for hydroxylation is 1. The number of nitrogen functional groups attached to an aromatic ring is 1. The SMILES string of the molecule is Cc1cn(-c2ccc([N+](=O)[O-])cc2F)nc1N. The van der Waals surface area contributed by atoms with Crippen LogP contribution in [0.2, 0.25) is 0 Å². The summed E-state index contributed by atoms with van der Waals surface area (Å²) in [6.07, 6.45) is 1.56. The number of hydrogen-bond donors (Lipinski definition) is 1. The van der Waals surface area contributed by atoms with E-state index in [1.54, 1.807) is 13.1 Å². The quantitative estimate of drug-likeness (QED) is 0.636. The molecule has 0 bridgehead atoms. The minimum atomic E-state index is -0.721. The summed E-state index contributed by atoms with van der Waals surface area (Å²) in [5.41, 5.74) is 6.07. The molecule has 0 atom stereocenters. The van der Waals surface area contributed by atoms with Crippen molar-refractivity contribution in [3.63, 3.8) is 0 Å². The van der Waals surface area contributed by atoms with Gasteiger partial charge < -0.3 is 5.73 Å². The summed E-state index contributed by atoms with van der Waals surface area (Å²) in [7, 11) is 0. The lowest BCUT2D eigenvalue weighted by Gasteiger charge is -2.02. The number of benzene rings is 1. The fourth-order valence-electron chi connectivity index (χ4n) is 1.39. The molecule has 7 heteroatoms. The Hall–Kier alpha value is -2.44. The molecule has 1 aromatic carbocycles. The monoisotopic (exact) mass is 236 g/mol. The van der Waals surface area contributed by atoms with Crippen LogP contribution in [0.25, 0.3) is 5.69 Å². The fourth-order valence-corrected chi connectivity index (χ4v) is 1.39. The van der Waals surface area contributed by atoms with Crippen LogP contribution in [0.1, 0.15) is 5.56 Å². The molecule has 1 heterocycles. The molecule has 0 fully saturated rings. The molecule has 88 valence electrons. The fraction of sp³-hybridized carbons (Fsp3) is 0.100. The molecule has 2 rings (SSSR count). The van der Waals surface area contributed by atoms with Gasteiger partial charge in [-0.05, 0) is 13.0 Å². The first kappa shape index (κ1) is 11.1. The molecule has 0 aliphatic heterocycles. The molecule has 0 saturated carbocycles. The number of nitro benzene ring substituents is 1. The van der Waals surface area contributed by atoms with Crippen LogP contribution >= 0.6 is 0 Å². The molecule has 17 heavy (non-hydrogen) atoms. The molecule has 0 aliphatic carbocycles. The van der Waals surface area contributed by atoms with Crippen molar-refractivity contribution in [3.05, 3.63) is 45.9 Å². The maximum absolute atomic E-state index is 13.6. The van der Waals surface area contributed by atoms with E-state index < -0.39 is 10.7 Å². The first-order valence-corrected chi connectivity index (χ1v) is 4.75. The standard InChI is InChI=1S/C10H9FN4O2/c1-6-5-14(13-10(6)12)9-3-2-7(15(16)17)4-8(9)11/h2-5H,1H3,(H2,12,13). The van der Waals surface area contributed by atoms with Gasteiger partial charge in [0.2, 0.25) is 0 Å². The van der Waals surface area contributed by atoms with Crippen molar-refractivity contribution >= 4 is 11.5 Å². The van der Waals surface area contributed by atoms with Gasteiger partial charge in [-0.2, -0.15) is 5.10 Å². The second kappa shape index (κ2) is 3.85. The lowest BCUT2D eigenvalue weighted by Crippen LogP contribution is -2.00. The molecule has 0 amide bonds. The zero-order valence-electron chi connectivity index (χ0n) is 8.92. The highest BCUT2D eigenvalue weighted by molar-refractivity contribution is 5.45. The molecule has 0 saturated heterocycles. The molecule has 1 aromatic heterocycles. The summed E-state index contributed by atoms with van der Waals surface area (Å²) in [5.74, 6) is -0.426. The van der Waals surface area contributed by atoms with Crippen LogP contribution < -0.4 is 5.73 Å². The topological polar surface area (TPSA) is 87.0 Å². The van der Waals surface area contributed by atoms with Crippen LogP contribution in [0, 0.1) is 22.9 Å². The Bertz CT molecular complexity index is 574. The molecule has 0 aliphatic rings. The first-order chi connectivity index (χ1) is 7.99. The third-order valence-corrected chi connectivity index (χ3v) is 2.32. The molecule has 2 aromatic rings. The second-order valence-corrected chi connectivity index (χ2v) is 3.53. The van der Waals surface area contributed by atoms with Crippen LogP contribution in [0.15, 0.2) is 24.4 Å². The maximum atomic E-state index is 13.6. The summed E-state index contributed by atoms with van der Waals surface area (Å²) in [5, 5.41) is 14.4. The van der Waals surface area contributed by atoms with Gasteiger partial charge in [0.15, 0.2) is 5.82 Å². The van der Waals surface area contributed by atoms with E-state index in [4.69, 9.17) is 5.73 Å². The smallest absolute Gasteiger partial charge is 0.272 e. The Morgan fingerprint density at radius 1 is 1.53 bits per heavy atom. The minimum Gasteiger partial charge on any atom is -0.382 e. The molecule has 0 radical (unpaired) electrons. The summed E-state index contributed by atoms with van der Waals surface area (Å²) in [6, 6.07) is 3.35. The van der Waals surface area contributed by atoms with Gasteiger partial charge in [-0.1, -0.05) is 0 Å². The third kappa shape index (κ3) is 1.94. The number of anilines is 1. The molecular weight excluding hydrogens is 227 g/mol. The van der Waals surface area contributed by atoms with E-state index >= 15 is 0 Å². The predicted molar refractivity (Wildman–Crippen MR) is 59.3 cm³/mol. The number of halogens is 1. The number of nitrogens with two attached hydrogens (primary N) is 1. The van der Waals surface area contributed by atoms with Gasteiger partial charge in [0, 0.05) is 17.8 Å². The van der Waals surface area contributed by atoms with E-state index in [0.29, 0.717) is 11.4 Å². The van der Waals surface area contributed by atoms with Crippen molar-refractivity contribution in [1.29, 1.82) is 0 Å². The summed E-state index contributed by atoms with van der Waals surface area (Å²) in [6.45, 7) is 1.74.